The maximum atomic E-state index is 12.1. The number of carbonyl (C=O) groups excluding carboxylic acids is 1. The highest BCUT2D eigenvalue weighted by Gasteiger charge is 2.25. The summed E-state index contributed by atoms with van der Waals surface area (Å²) in [7, 11) is 1.54. The van der Waals surface area contributed by atoms with Crippen LogP contribution >= 0.6 is 11.6 Å². The zero-order valence-corrected chi connectivity index (χ0v) is 15.9. The number of hydrogen-bond donors (Lipinski definition) is 2. The number of hydrogen-bond acceptors (Lipinski definition) is 5. The van der Waals surface area contributed by atoms with Crippen molar-refractivity contribution in [3.05, 3.63) is 47.2 Å². The van der Waals surface area contributed by atoms with Crippen LogP contribution in [-0.4, -0.2) is 35.3 Å². The molecule has 0 saturated heterocycles. The van der Waals surface area contributed by atoms with Crippen LogP contribution in [0.15, 0.2) is 36.7 Å². The Hall–Kier alpha value is -2.54. The minimum absolute atomic E-state index is 0.0470. The van der Waals surface area contributed by atoms with Crippen LogP contribution in [0.4, 0.5) is 4.79 Å². The van der Waals surface area contributed by atoms with Gasteiger partial charge >= 0.3 is 6.03 Å². The predicted octanol–water partition coefficient (Wildman–Crippen LogP) is 3.33. The summed E-state index contributed by atoms with van der Waals surface area (Å²) in [5, 5.41) is 6.58. The van der Waals surface area contributed by atoms with E-state index in [4.69, 9.17) is 21.1 Å². The summed E-state index contributed by atoms with van der Waals surface area (Å²) in [6.07, 6.45) is 6.56. The Morgan fingerprint density at radius 1 is 1.11 bits per heavy atom. The molecule has 1 aliphatic rings. The minimum atomic E-state index is -0.162. The van der Waals surface area contributed by atoms with Gasteiger partial charge in [0.1, 0.15) is 6.10 Å². The largest absolute Gasteiger partial charge is 0.477 e. The summed E-state index contributed by atoms with van der Waals surface area (Å²) in [5.41, 5.74) is 1.00. The molecule has 27 heavy (non-hydrogen) atoms. The van der Waals surface area contributed by atoms with Gasteiger partial charge in [-0.05, 0) is 43.4 Å². The van der Waals surface area contributed by atoms with E-state index >= 15 is 0 Å². The lowest BCUT2D eigenvalue weighted by Crippen LogP contribution is -2.44. The summed E-state index contributed by atoms with van der Waals surface area (Å²) in [6.45, 7) is 0.466. The van der Waals surface area contributed by atoms with E-state index in [0.29, 0.717) is 23.3 Å². The number of carbonyl (C=O) groups is 1. The molecule has 1 aromatic carbocycles. The molecule has 7 nitrogen and oxygen atoms in total. The highest BCUT2D eigenvalue weighted by molar-refractivity contribution is 6.30. The van der Waals surface area contributed by atoms with Gasteiger partial charge in [0.25, 0.3) is 11.8 Å². The van der Waals surface area contributed by atoms with Gasteiger partial charge in [0.15, 0.2) is 0 Å². The van der Waals surface area contributed by atoms with Crippen molar-refractivity contribution in [3.8, 4) is 11.8 Å². The lowest BCUT2D eigenvalue weighted by atomic mass is 9.93. The highest BCUT2D eigenvalue weighted by Crippen LogP contribution is 2.27. The van der Waals surface area contributed by atoms with Crippen molar-refractivity contribution in [1.82, 2.24) is 20.6 Å². The lowest BCUT2D eigenvalue weighted by molar-refractivity contribution is 0.129. The first kappa shape index (κ1) is 19.2. The molecular weight excluding hydrogens is 368 g/mol. The van der Waals surface area contributed by atoms with Crippen molar-refractivity contribution < 1.29 is 14.3 Å². The Kier molecular flexibility index (Phi) is 6.70. The van der Waals surface area contributed by atoms with E-state index in [9.17, 15) is 4.79 Å². The number of amides is 2. The first-order valence-electron chi connectivity index (χ1n) is 8.94. The summed E-state index contributed by atoms with van der Waals surface area (Å²) in [4.78, 5) is 20.4. The van der Waals surface area contributed by atoms with Gasteiger partial charge in [0, 0.05) is 30.0 Å². The molecule has 1 aromatic heterocycles. The van der Waals surface area contributed by atoms with Crippen molar-refractivity contribution in [1.29, 1.82) is 0 Å². The fourth-order valence-corrected chi connectivity index (χ4v) is 3.16. The molecule has 2 aromatic rings. The Balaban J connectivity index is 1.40. The Labute approximate surface area is 163 Å². The fraction of sp³-hybridized carbons (Fsp3) is 0.421. The molecule has 0 spiro atoms. The number of aromatic nitrogens is 2. The van der Waals surface area contributed by atoms with Crippen LogP contribution in [-0.2, 0) is 6.54 Å². The van der Waals surface area contributed by atoms with E-state index in [2.05, 4.69) is 20.6 Å². The third kappa shape index (κ3) is 5.72. The van der Waals surface area contributed by atoms with Crippen LogP contribution < -0.4 is 20.1 Å². The van der Waals surface area contributed by atoms with Gasteiger partial charge in [0.05, 0.1) is 7.11 Å². The van der Waals surface area contributed by atoms with E-state index in [1.807, 2.05) is 24.3 Å². The lowest BCUT2D eigenvalue weighted by Gasteiger charge is -2.29. The third-order valence-electron chi connectivity index (χ3n) is 4.48. The number of ether oxygens (including phenoxy) is 2. The topological polar surface area (TPSA) is 85.4 Å². The molecule has 1 fully saturated rings. The Morgan fingerprint density at radius 3 is 2.44 bits per heavy atom. The van der Waals surface area contributed by atoms with Crippen molar-refractivity contribution in [3.63, 3.8) is 0 Å². The Morgan fingerprint density at radius 2 is 1.78 bits per heavy atom. The van der Waals surface area contributed by atoms with Crippen molar-refractivity contribution in [2.24, 2.45) is 0 Å². The summed E-state index contributed by atoms with van der Waals surface area (Å²) in [5.74, 6) is 0.802. The van der Waals surface area contributed by atoms with Gasteiger partial charge in [0.2, 0.25) is 0 Å². The van der Waals surface area contributed by atoms with Crippen molar-refractivity contribution in [2.45, 2.75) is 44.4 Å². The second kappa shape index (κ2) is 9.41. The van der Waals surface area contributed by atoms with Crippen LogP contribution in [0.25, 0.3) is 0 Å². The number of halogens is 1. The normalized spacial score (nSPS) is 19.2. The average molecular weight is 391 g/mol. The monoisotopic (exact) mass is 390 g/mol. The summed E-state index contributed by atoms with van der Waals surface area (Å²) < 4.78 is 11.1. The molecule has 1 saturated carbocycles. The van der Waals surface area contributed by atoms with Crippen LogP contribution in [0.1, 0.15) is 31.2 Å². The van der Waals surface area contributed by atoms with Crippen molar-refractivity contribution in [2.75, 3.05) is 7.11 Å². The second-order valence-corrected chi connectivity index (χ2v) is 6.85. The average Bonchev–Trinajstić information content (AvgIpc) is 2.69. The van der Waals surface area contributed by atoms with E-state index in [1.165, 1.54) is 0 Å². The van der Waals surface area contributed by atoms with Crippen LogP contribution in [0.5, 0.6) is 11.8 Å². The third-order valence-corrected chi connectivity index (χ3v) is 4.73. The van der Waals surface area contributed by atoms with Gasteiger partial charge in [-0.25, -0.2) is 14.8 Å². The Bertz CT molecular complexity index is 749. The van der Waals surface area contributed by atoms with Gasteiger partial charge in [-0.2, -0.15) is 0 Å². The molecule has 0 atom stereocenters. The second-order valence-electron chi connectivity index (χ2n) is 6.42. The summed E-state index contributed by atoms with van der Waals surface area (Å²) in [6, 6.07) is 7.38. The van der Waals surface area contributed by atoms with Crippen LogP contribution in [0, 0.1) is 0 Å². The number of urea groups is 1. The number of rotatable bonds is 6. The SMILES string of the molecule is COc1nccnc1OC1CCC(NC(=O)NCc2ccc(Cl)cc2)CC1. The van der Waals surface area contributed by atoms with Gasteiger partial charge < -0.3 is 20.1 Å². The van der Waals surface area contributed by atoms with E-state index in [1.54, 1.807) is 19.5 Å². The number of benzene rings is 1. The van der Waals surface area contributed by atoms with E-state index in [-0.39, 0.29) is 18.2 Å². The maximum absolute atomic E-state index is 12.1. The zero-order valence-electron chi connectivity index (χ0n) is 15.2. The van der Waals surface area contributed by atoms with Crippen LogP contribution in [0.3, 0.4) is 0 Å². The van der Waals surface area contributed by atoms with E-state index < -0.39 is 0 Å². The van der Waals surface area contributed by atoms with Gasteiger partial charge in [-0.3, -0.25) is 0 Å². The quantitative estimate of drug-likeness (QED) is 0.790. The van der Waals surface area contributed by atoms with Gasteiger partial charge in [-0.15, -0.1) is 0 Å². The molecule has 2 N–H and O–H groups in total. The van der Waals surface area contributed by atoms with Gasteiger partial charge in [-0.1, -0.05) is 23.7 Å². The smallest absolute Gasteiger partial charge is 0.315 e. The van der Waals surface area contributed by atoms with Crippen molar-refractivity contribution >= 4 is 17.6 Å². The molecule has 3 rings (SSSR count). The van der Waals surface area contributed by atoms with E-state index in [0.717, 1.165) is 31.2 Å². The molecule has 2 amide bonds. The molecule has 0 radical (unpaired) electrons. The molecule has 8 heteroatoms. The highest BCUT2D eigenvalue weighted by atomic mass is 35.5. The maximum Gasteiger partial charge on any atom is 0.315 e. The molecule has 144 valence electrons. The molecule has 0 bridgehead atoms. The first-order valence-corrected chi connectivity index (χ1v) is 9.32. The molecule has 0 aliphatic heterocycles. The zero-order chi connectivity index (χ0) is 19.1. The molecule has 0 unspecified atom stereocenters. The standard InChI is InChI=1S/C19H23ClN4O3/c1-26-17-18(22-11-10-21-17)27-16-8-6-15(7-9-16)24-19(25)23-12-13-2-4-14(20)5-3-13/h2-5,10-11,15-16H,6-9,12H2,1H3,(H2,23,24,25). The molecular formula is C19H23ClN4O3. The first-order chi connectivity index (χ1) is 13.1. The number of nitrogens with one attached hydrogen (secondary N) is 2. The fourth-order valence-electron chi connectivity index (χ4n) is 3.04. The number of methoxy groups -OCH3 is 1. The molecule has 1 heterocycles. The number of nitrogens with zero attached hydrogens (tertiary/aromatic N) is 2. The van der Waals surface area contributed by atoms with Crippen LogP contribution in [0.2, 0.25) is 5.02 Å². The predicted molar refractivity (Wildman–Crippen MR) is 102 cm³/mol. The molecule has 1 aliphatic carbocycles. The summed E-state index contributed by atoms with van der Waals surface area (Å²) >= 11 is 5.86. The minimum Gasteiger partial charge on any atom is -0.477 e.